The summed E-state index contributed by atoms with van der Waals surface area (Å²) in [6.07, 6.45) is 5.24. The van der Waals surface area contributed by atoms with Crippen molar-refractivity contribution in [2.45, 2.75) is 66.5 Å². The van der Waals surface area contributed by atoms with E-state index in [0.717, 1.165) is 12.0 Å². The predicted octanol–water partition coefficient (Wildman–Crippen LogP) is 3.81. The molecule has 0 fully saturated rings. The van der Waals surface area contributed by atoms with Crippen molar-refractivity contribution in [1.29, 1.82) is 0 Å². The standard InChI is InChI=1S/C26H38N4O5/c1-7-8-14-30-24(27)23(25(32)28-26(30)33)29(15-13-17(2)3)22(31)12-10-19-9-11-20(35-18(4)5)21(16-19)34-6/h9-12,16-18H,7-8,13-15,27H2,1-6H3,(H,28,32,33)/b12-10+. The van der Waals surface area contributed by atoms with Gasteiger partial charge in [-0.1, -0.05) is 33.3 Å². The number of hydrogen-bond acceptors (Lipinski definition) is 6. The monoisotopic (exact) mass is 486 g/mol. The Hall–Kier alpha value is -3.49. The number of carbonyl (C=O) groups is 1. The molecule has 0 radical (unpaired) electrons. The maximum Gasteiger partial charge on any atom is 0.330 e. The first-order valence-electron chi connectivity index (χ1n) is 12.1. The molecule has 0 spiro atoms. The average molecular weight is 487 g/mol. The van der Waals surface area contributed by atoms with E-state index in [1.807, 2.05) is 40.7 Å². The van der Waals surface area contributed by atoms with Crippen molar-refractivity contribution in [3.05, 3.63) is 50.7 Å². The first-order chi connectivity index (χ1) is 16.6. The van der Waals surface area contributed by atoms with Gasteiger partial charge in [0.15, 0.2) is 17.2 Å². The lowest BCUT2D eigenvalue weighted by atomic mass is 10.1. The SMILES string of the molecule is CCCCn1c(N)c(N(CCC(C)C)C(=O)/C=C/c2ccc(OC(C)C)c(OC)c2)c(=O)[nH]c1=O. The molecular weight excluding hydrogens is 448 g/mol. The second-order valence-electron chi connectivity index (χ2n) is 9.08. The second kappa shape index (κ2) is 12.8. The molecule has 1 heterocycles. The van der Waals surface area contributed by atoms with Gasteiger partial charge in [0.1, 0.15) is 5.82 Å². The van der Waals surface area contributed by atoms with E-state index in [9.17, 15) is 14.4 Å². The summed E-state index contributed by atoms with van der Waals surface area (Å²) >= 11 is 0. The molecule has 0 saturated carbocycles. The van der Waals surface area contributed by atoms with Crippen molar-refractivity contribution in [1.82, 2.24) is 9.55 Å². The highest BCUT2D eigenvalue weighted by molar-refractivity contribution is 6.05. The molecule has 2 rings (SSSR count). The fraction of sp³-hybridized carbons (Fsp3) is 0.500. The van der Waals surface area contributed by atoms with Crippen LogP contribution in [0.5, 0.6) is 11.5 Å². The van der Waals surface area contributed by atoms with Gasteiger partial charge in [-0.3, -0.25) is 19.1 Å². The van der Waals surface area contributed by atoms with E-state index >= 15 is 0 Å². The molecule has 3 N–H and O–H groups in total. The number of amides is 1. The van der Waals surface area contributed by atoms with Crippen molar-refractivity contribution in [2.75, 3.05) is 24.3 Å². The van der Waals surface area contributed by atoms with E-state index in [-0.39, 0.29) is 24.2 Å². The number of nitrogens with zero attached hydrogens (tertiary/aromatic N) is 2. The van der Waals surface area contributed by atoms with Crippen molar-refractivity contribution in [3.63, 3.8) is 0 Å². The summed E-state index contributed by atoms with van der Waals surface area (Å²) in [5.74, 6) is 1.03. The van der Waals surface area contributed by atoms with Gasteiger partial charge in [0.25, 0.3) is 11.5 Å². The zero-order chi connectivity index (χ0) is 26.1. The molecule has 1 aromatic carbocycles. The number of nitrogen functional groups attached to an aromatic ring is 1. The number of H-pyrrole nitrogens is 1. The van der Waals surface area contributed by atoms with Crippen molar-refractivity contribution >= 4 is 23.5 Å². The van der Waals surface area contributed by atoms with Crippen LogP contribution in [0.15, 0.2) is 33.9 Å². The lowest BCUT2D eigenvalue weighted by Gasteiger charge is -2.24. The Morgan fingerprint density at radius 1 is 1.20 bits per heavy atom. The molecule has 0 aliphatic heterocycles. The zero-order valence-corrected chi connectivity index (χ0v) is 21.6. The Bertz CT molecular complexity index is 1150. The summed E-state index contributed by atoms with van der Waals surface area (Å²) in [5.41, 5.74) is 5.73. The third-order valence-corrected chi connectivity index (χ3v) is 5.38. The molecule has 0 aliphatic carbocycles. The van der Waals surface area contributed by atoms with Gasteiger partial charge in [-0.15, -0.1) is 0 Å². The van der Waals surface area contributed by atoms with E-state index < -0.39 is 17.2 Å². The lowest BCUT2D eigenvalue weighted by Crippen LogP contribution is -2.41. The topological polar surface area (TPSA) is 120 Å². The molecule has 0 unspecified atom stereocenters. The van der Waals surface area contributed by atoms with Crippen LogP contribution in [-0.4, -0.2) is 35.2 Å². The van der Waals surface area contributed by atoms with Gasteiger partial charge in [0.2, 0.25) is 0 Å². The van der Waals surface area contributed by atoms with Crippen molar-refractivity contribution in [2.24, 2.45) is 5.92 Å². The molecule has 35 heavy (non-hydrogen) atoms. The highest BCUT2D eigenvalue weighted by Crippen LogP contribution is 2.29. The number of ether oxygens (including phenoxy) is 2. The van der Waals surface area contributed by atoms with Gasteiger partial charge < -0.3 is 20.1 Å². The van der Waals surface area contributed by atoms with Crippen LogP contribution < -0.4 is 31.4 Å². The van der Waals surface area contributed by atoms with Crippen molar-refractivity contribution in [3.8, 4) is 11.5 Å². The van der Waals surface area contributed by atoms with E-state index in [0.29, 0.717) is 36.8 Å². The van der Waals surface area contributed by atoms with Gasteiger partial charge in [-0.2, -0.15) is 0 Å². The average Bonchev–Trinajstić information content (AvgIpc) is 2.79. The smallest absolute Gasteiger partial charge is 0.330 e. The minimum absolute atomic E-state index is 0.00503. The summed E-state index contributed by atoms with van der Waals surface area (Å²) in [6, 6.07) is 5.37. The number of hydrogen-bond donors (Lipinski definition) is 2. The van der Waals surface area contributed by atoms with Crippen LogP contribution in [0.3, 0.4) is 0 Å². The maximum absolute atomic E-state index is 13.3. The van der Waals surface area contributed by atoms with Crippen molar-refractivity contribution < 1.29 is 14.3 Å². The molecular formula is C26H38N4O5. The van der Waals surface area contributed by atoms with Crippen LogP contribution in [0.1, 0.15) is 59.4 Å². The van der Waals surface area contributed by atoms with Crippen LogP contribution >= 0.6 is 0 Å². The fourth-order valence-corrected chi connectivity index (χ4v) is 3.49. The first kappa shape index (κ1) is 27.8. The maximum atomic E-state index is 13.3. The Labute approximate surface area is 206 Å². The Morgan fingerprint density at radius 3 is 2.51 bits per heavy atom. The largest absolute Gasteiger partial charge is 0.493 e. The van der Waals surface area contributed by atoms with Crippen LogP contribution in [0.2, 0.25) is 0 Å². The summed E-state index contributed by atoms with van der Waals surface area (Å²) in [7, 11) is 1.55. The number of anilines is 2. The van der Waals surface area contributed by atoms with Gasteiger partial charge in [0, 0.05) is 19.2 Å². The van der Waals surface area contributed by atoms with Gasteiger partial charge >= 0.3 is 5.69 Å². The van der Waals surface area contributed by atoms with E-state index in [4.69, 9.17) is 15.2 Å². The molecule has 2 aromatic rings. The highest BCUT2D eigenvalue weighted by Gasteiger charge is 2.23. The number of nitrogens with one attached hydrogen (secondary N) is 1. The minimum Gasteiger partial charge on any atom is -0.493 e. The van der Waals surface area contributed by atoms with Gasteiger partial charge in [-0.25, -0.2) is 4.79 Å². The number of aromatic nitrogens is 2. The summed E-state index contributed by atoms with van der Waals surface area (Å²) in [4.78, 5) is 42.1. The van der Waals surface area contributed by atoms with Gasteiger partial charge in [-0.05, 0) is 56.4 Å². The number of unbranched alkanes of at least 4 members (excludes halogenated alkanes) is 1. The Morgan fingerprint density at radius 2 is 1.91 bits per heavy atom. The molecule has 1 aromatic heterocycles. The summed E-state index contributed by atoms with van der Waals surface area (Å²) in [6.45, 7) is 10.5. The third kappa shape index (κ3) is 7.50. The molecule has 9 nitrogen and oxygen atoms in total. The molecule has 9 heteroatoms. The molecule has 1 amide bonds. The number of benzene rings is 1. The summed E-state index contributed by atoms with van der Waals surface area (Å²) < 4.78 is 12.5. The van der Waals surface area contributed by atoms with Gasteiger partial charge in [0.05, 0.1) is 13.2 Å². The molecule has 192 valence electrons. The highest BCUT2D eigenvalue weighted by atomic mass is 16.5. The first-order valence-corrected chi connectivity index (χ1v) is 12.1. The number of carbonyl (C=O) groups excluding carboxylic acids is 1. The van der Waals surface area contributed by atoms with Crippen LogP contribution in [0.25, 0.3) is 6.08 Å². The van der Waals surface area contributed by atoms with Crippen LogP contribution in [-0.2, 0) is 11.3 Å². The normalized spacial score (nSPS) is 11.4. The number of aromatic amines is 1. The number of nitrogens with two attached hydrogens (primary N) is 1. The second-order valence-corrected chi connectivity index (χ2v) is 9.08. The predicted molar refractivity (Wildman–Crippen MR) is 140 cm³/mol. The Balaban J connectivity index is 2.44. The lowest BCUT2D eigenvalue weighted by molar-refractivity contribution is -0.114. The van der Waals surface area contributed by atoms with E-state index in [1.165, 1.54) is 15.5 Å². The quantitative estimate of drug-likeness (QED) is 0.440. The molecule has 0 aliphatic rings. The van der Waals surface area contributed by atoms with Crippen LogP contribution in [0.4, 0.5) is 11.5 Å². The number of methoxy groups -OCH3 is 1. The van der Waals surface area contributed by atoms with E-state index in [1.54, 1.807) is 25.3 Å². The zero-order valence-electron chi connectivity index (χ0n) is 21.6. The van der Waals surface area contributed by atoms with E-state index in [2.05, 4.69) is 4.98 Å². The third-order valence-electron chi connectivity index (χ3n) is 5.38. The number of rotatable bonds is 12. The molecule has 0 saturated heterocycles. The fourth-order valence-electron chi connectivity index (χ4n) is 3.49. The molecule has 0 bridgehead atoms. The summed E-state index contributed by atoms with van der Waals surface area (Å²) in [5, 5.41) is 0. The van der Waals surface area contributed by atoms with Crippen LogP contribution in [0, 0.1) is 5.92 Å². The minimum atomic E-state index is -0.678. The molecule has 0 atom stereocenters. The Kier molecular flexibility index (Phi) is 10.2.